The second kappa shape index (κ2) is 11.8. The van der Waals surface area contributed by atoms with Crippen LogP contribution in [-0.2, 0) is 11.2 Å². The first-order valence-electron chi connectivity index (χ1n) is 12.0. The number of anilines is 1. The van der Waals surface area contributed by atoms with Crippen molar-refractivity contribution in [3.05, 3.63) is 102 Å². The summed E-state index contributed by atoms with van der Waals surface area (Å²) < 4.78 is 0. The molecule has 0 aromatic heterocycles. The summed E-state index contributed by atoms with van der Waals surface area (Å²) in [7, 11) is 0. The Morgan fingerprint density at radius 3 is 1.97 bits per heavy atom. The van der Waals surface area contributed by atoms with Gasteiger partial charge in [-0.1, -0.05) is 72.8 Å². The van der Waals surface area contributed by atoms with Crippen molar-refractivity contribution < 1.29 is 15.2 Å². The number of hydrogen-bond acceptors (Lipinski definition) is 5. The first-order valence-corrected chi connectivity index (χ1v) is 12.0. The zero-order chi connectivity index (χ0) is 23.8. The fourth-order valence-corrected chi connectivity index (χ4v) is 4.72. The van der Waals surface area contributed by atoms with E-state index in [1.54, 1.807) is 24.3 Å². The van der Waals surface area contributed by atoms with Crippen LogP contribution in [0.15, 0.2) is 84.9 Å². The van der Waals surface area contributed by atoms with E-state index in [1.807, 2.05) is 0 Å². The van der Waals surface area contributed by atoms with Gasteiger partial charge in [-0.2, -0.15) is 0 Å². The largest absolute Gasteiger partial charge is 0.353 e. The second-order valence-corrected chi connectivity index (χ2v) is 8.98. The third kappa shape index (κ3) is 6.67. The van der Waals surface area contributed by atoms with Crippen LogP contribution >= 0.6 is 0 Å². The Hall–Kier alpha value is -3.19. The molecule has 6 heteroatoms. The quantitative estimate of drug-likeness (QED) is 0.407. The maximum atomic E-state index is 12.5. The van der Waals surface area contributed by atoms with E-state index in [0.29, 0.717) is 5.92 Å². The minimum absolute atomic E-state index is 0.00396. The standard InChI is InChI=1S/C28H33N3O3/c32-28(21-22-11-13-26(14-12-22)31(33)34)29-25-15-18-30(19-16-25)20-17-27(23-7-3-1-4-8-23)24-9-5-2-6-10-24/h1-14,25,27,33-34H,15-21H2,(H,29,32). The Morgan fingerprint density at radius 1 is 0.882 bits per heavy atom. The van der Waals surface area contributed by atoms with Gasteiger partial charge in [0.1, 0.15) is 0 Å². The molecular weight excluding hydrogens is 426 g/mol. The third-order valence-corrected chi connectivity index (χ3v) is 6.62. The van der Waals surface area contributed by atoms with Crippen LogP contribution < -0.4 is 10.5 Å². The van der Waals surface area contributed by atoms with Crippen molar-refractivity contribution in [3.8, 4) is 0 Å². The molecular formula is C28H33N3O3. The number of nitrogens with one attached hydrogen (secondary N) is 1. The van der Waals surface area contributed by atoms with E-state index in [1.165, 1.54) is 11.1 Å². The summed E-state index contributed by atoms with van der Waals surface area (Å²) in [5.41, 5.74) is 3.82. The lowest BCUT2D eigenvalue weighted by atomic mass is 9.88. The Kier molecular flexibility index (Phi) is 8.31. The van der Waals surface area contributed by atoms with Crippen molar-refractivity contribution in [3.63, 3.8) is 0 Å². The van der Waals surface area contributed by atoms with Gasteiger partial charge in [-0.3, -0.25) is 15.2 Å². The third-order valence-electron chi connectivity index (χ3n) is 6.62. The average Bonchev–Trinajstić information content (AvgIpc) is 2.87. The summed E-state index contributed by atoms with van der Waals surface area (Å²) in [5.74, 6) is 0.388. The number of carbonyl (C=O) groups is 1. The summed E-state index contributed by atoms with van der Waals surface area (Å²) in [4.78, 5) is 15.0. The van der Waals surface area contributed by atoms with Crippen LogP contribution in [0.25, 0.3) is 0 Å². The second-order valence-electron chi connectivity index (χ2n) is 8.98. The number of benzene rings is 3. The molecule has 0 saturated carbocycles. The summed E-state index contributed by atoms with van der Waals surface area (Å²) in [6.45, 7) is 3.01. The average molecular weight is 460 g/mol. The number of likely N-dealkylation sites (tertiary alicyclic amines) is 1. The topological polar surface area (TPSA) is 76.0 Å². The lowest BCUT2D eigenvalue weighted by Crippen LogP contribution is -2.45. The van der Waals surface area contributed by atoms with Gasteiger partial charge in [-0.25, -0.2) is 0 Å². The highest BCUT2D eigenvalue weighted by molar-refractivity contribution is 5.79. The van der Waals surface area contributed by atoms with Gasteiger partial charge >= 0.3 is 0 Å². The van der Waals surface area contributed by atoms with E-state index in [2.05, 4.69) is 70.9 Å². The predicted octanol–water partition coefficient (Wildman–Crippen LogP) is 4.62. The zero-order valence-corrected chi connectivity index (χ0v) is 19.4. The minimum Gasteiger partial charge on any atom is -0.353 e. The van der Waals surface area contributed by atoms with Crippen molar-refractivity contribution in [1.29, 1.82) is 0 Å². The van der Waals surface area contributed by atoms with Crippen LogP contribution in [-0.4, -0.2) is 46.9 Å². The number of piperidine rings is 1. The molecule has 0 radical (unpaired) electrons. The molecule has 0 spiro atoms. The molecule has 34 heavy (non-hydrogen) atoms. The first kappa shape index (κ1) is 24.0. The summed E-state index contributed by atoms with van der Waals surface area (Å²) in [6, 6.07) is 28.3. The maximum Gasteiger partial charge on any atom is 0.224 e. The molecule has 1 amide bonds. The van der Waals surface area contributed by atoms with E-state index in [0.717, 1.165) is 44.5 Å². The molecule has 0 atom stereocenters. The Bertz CT molecular complexity index is 978. The molecule has 178 valence electrons. The summed E-state index contributed by atoms with van der Waals surface area (Å²) in [5, 5.41) is 21.3. The van der Waals surface area contributed by atoms with E-state index >= 15 is 0 Å². The molecule has 0 unspecified atom stereocenters. The minimum atomic E-state index is 0.00396. The van der Waals surface area contributed by atoms with Crippen LogP contribution in [0.5, 0.6) is 0 Å². The van der Waals surface area contributed by atoms with Crippen molar-refractivity contribution in [1.82, 2.24) is 10.2 Å². The molecule has 3 aromatic rings. The van der Waals surface area contributed by atoms with Crippen LogP contribution in [0.2, 0.25) is 0 Å². The van der Waals surface area contributed by atoms with E-state index in [-0.39, 0.29) is 29.3 Å². The van der Waals surface area contributed by atoms with Gasteiger partial charge in [0, 0.05) is 25.0 Å². The molecule has 0 aliphatic carbocycles. The van der Waals surface area contributed by atoms with E-state index < -0.39 is 0 Å². The maximum absolute atomic E-state index is 12.5. The smallest absolute Gasteiger partial charge is 0.224 e. The molecule has 3 N–H and O–H groups in total. The molecule has 1 aliphatic rings. The predicted molar refractivity (Wildman–Crippen MR) is 133 cm³/mol. The van der Waals surface area contributed by atoms with Gasteiger partial charge in [-0.05, 0) is 54.6 Å². The Balaban J connectivity index is 1.24. The molecule has 3 aromatic carbocycles. The van der Waals surface area contributed by atoms with Gasteiger partial charge in [0.2, 0.25) is 5.91 Å². The fraction of sp³-hybridized carbons (Fsp3) is 0.321. The van der Waals surface area contributed by atoms with Gasteiger partial charge in [-0.15, -0.1) is 5.23 Å². The Labute approximate surface area is 201 Å². The molecule has 4 rings (SSSR count). The number of rotatable bonds is 9. The summed E-state index contributed by atoms with van der Waals surface area (Å²) >= 11 is 0. The van der Waals surface area contributed by atoms with Crippen molar-refractivity contribution >= 4 is 11.6 Å². The monoisotopic (exact) mass is 459 g/mol. The number of carbonyl (C=O) groups excluding carboxylic acids is 1. The fourth-order valence-electron chi connectivity index (χ4n) is 4.72. The van der Waals surface area contributed by atoms with E-state index in [4.69, 9.17) is 10.4 Å². The highest BCUT2D eigenvalue weighted by Crippen LogP contribution is 2.28. The number of amides is 1. The normalized spacial score (nSPS) is 14.8. The number of nitrogens with zero attached hydrogens (tertiary/aromatic N) is 2. The first-order chi connectivity index (χ1) is 16.6. The van der Waals surface area contributed by atoms with Crippen LogP contribution in [0.1, 0.15) is 41.9 Å². The van der Waals surface area contributed by atoms with Crippen molar-refractivity contribution in [2.75, 3.05) is 24.9 Å². The number of hydrogen-bond donors (Lipinski definition) is 3. The van der Waals surface area contributed by atoms with Crippen LogP contribution in [0.4, 0.5) is 5.69 Å². The molecule has 1 fully saturated rings. The van der Waals surface area contributed by atoms with Gasteiger partial charge in [0.15, 0.2) is 0 Å². The summed E-state index contributed by atoms with van der Waals surface area (Å²) in [6.07, 6.45) is 3.26. The molecule has 1 aliphatic heterocycles. The SMILES string of the molecule is O=C(Cc1ccc(N(O)O)cc1)NC1CCN(CCC(c2ccccc2)c2ccccc2)CC1. The lowest BCUT2D eigenvalue weighted by Gasteiger charge is -2.33. The van der Waals surface area contributed by atoms with Crippen molar-refractivity contribution in [2.24, 2.45) is 0 Å². The van der Waals surface area contributed by atoms with E-state index in [9.17, 15) is 4.79 Å². The van der Waals surface area contributed by atoms with Gasteiger partial charge in [0.05, 0.1) is 12.1 Å². The van der Waals surface area contributed by atoms with Gasteiger partial charge in [0.25, 0.3) is 0 Å². The van der Waals surface area contributed by atoms with Gasteiger partial charge < -0.3 is 10.2 Å². The Morgan fingerprint density at radius 2 is 1.44 bits per heavy atom. The molecule has 6 nitrogen and oxygen atoms in total. The lowest BCUT2D eigenvalue weighted by molar-refractivity contribution is -0.121. The highest BCUT2D eigenvalue weighted by Gasteiger charge is 2.22. The highest BCUT2D eigenvalue weighted by atomic mass is 16.8. The van der Waals surface area contributed by atoms with Crippen LogP contribution in [0.3, 0.4) is 0 Å². The van der Waals surface area contributed by atoms with Crippen LogP contribution in [0, 0.1) is 0 Å². The molecule has 1 heterocycles. The van der Waals surface area contributed by atoms with Crippen molar-refractivity contribution in [2.45, 2.75) is 37.6 Å². The zero-order valence-electron chi connectivity index (χ0n) is 19.4. The molecule has 1 saturated heterocycles. The molecule has 0 bridgehead atoms.